The summed E-state index contributed by atoms with van der Waals surface area (Å²) < 4.78 is 33.0. The molecule has 1 unspecified atom stereocenters. The molecule has 1 fully saturated rings. The maximum absolute atomic E-state index is 13.0. The Bertz CT molecular complexity index is 850. The Labute approximate surface area is 156 Å². The van der Waals surface area contributed by atoms with E-state index in [0.29, 0.717) is 19.6 Å². The molecule has 1 saturated heterocycles. The molecule has 1 atom stereocenters. The second-order valence-corrected chi connectivity index (χ2v) is 8.81. The van der Waals surface area contributed by atoms with Crippen LogP contribution >= 0.6 is 0 Å². The maximum atomic E-state index is 13.0. The number of rotatable bonds is 5. The molecule has 6 heteroatoms. The summed E-state index contributed by atoms with van der Waals surface area (Å²) in [5.74, 6) is 0.831. The second kappa shape index (κ2) is 7.78. The van der Waals surface area contributed by atoms with Crippen molar-refractivity contribution >= 4 is 10.0 Å². The quantitative estimate of drug-likeness (QED) is 0.808. The topological polar surface area (TPSA) is 49.9 Å². The van der Waals surface area contributed by atoms with Gasteiger partial charge in [-0.05, 0) is 25.6 Å². The lowest BCUT2D eigenvalue weighted by Crippen LogP contribution is -2.49. The Hall–Kier alpha value is -1.89. The number of para-hydroxylation sites is 1. The van der Waals surface area contributed by atoms with Crippen LogP contribution < -0.4 is 4.74 Å². The predicted molar refractivity (Wildman–Crippen MR) is 104 cm³/mol. The summed E-state index contributed by atoms with van der Waals surface area (Å²) in [6, 6.07) is 15.5. The molecule has 3 rings (SSSR count). The van der Waals surface area contributed by atoms with Crippen LogP contribution in [-0.2, 0) is 15.8 Å². The number of piperazine rings is 1. The molecule has 0 aliphatic carbocycles. The van der Waals surface area contributed by atoms with Crippen molar-refractivity contribution in [2.45, 2.75) is 18.7 Å². The number of sulfonamides is 1. The number of ether oxygens (including phenoxy) is 1. The first-order valence-corrected chi connectivity index (χ1v) is 10.4. The molecule has 0 bridgehead atoms. The van der Waals surface area contributed by atoms with E-state index in [1.165, 1.54) is 0 Å². The third-order valence-corrected chi connectivity index (χ3v) is 6.79. The molecule has 0 saturated carbocycles. The van der Waals surface area contributed by atoms with Gasteiger partial charge >= 0.3 is 0 Å². The number of hydrogen-bond acceptors (Lipinski definition) is 4. The van der Waals surface area contributed by atoms with Gasteiger partial charge in [0.2, 0.25) is 10.0 Å². The van der Waals surface area contributed by atoms with E-state index >= 15 is 0 Å². The number of aryl methyl sites for hydroxylation is 1. The fraction of sp³-hybridized carbons (Fsp3) is 0.400. The van der Waals surface area contributed by atoms with Crippen molar-refractivity contribution in [3.8, 4) is 5.75 Å². The Morgan fingerprint density at radius 1 is 1.08 bits per heavy atom. The molecule has 0 aromatic heterocycles. The molecular formula is C20H26N2O3S. The van der Waals surface area contributed by atoms with Gasteiger partial charge in [-0.15, -0.1) is 0 Å². The molecule has 140 valence electrons. The summed E-state index contributed by atoms with van der Waals surface area (Å²) >= 11 is 0. The summed E-state index contributed by atoms with van der Waals surface area (Å²) in [6.45, 7) is 3.63. The van der Waals surface area contributed by atoms with Crippen LogP contribution in [0.5, 0.6) is 5.75 Å². The first-order valence-electron chi connectivity index (χ1n) is 8.77. The summed E-state index contributed by atoms with van der Waals surface area (Å²) in [6.07, 6.45) is 0. The summed E-state index contributed by atoms with van der Waals surface area (Å²) in [4.78, 5) is 2.19. The van der Waals surface area contributed by atoms with Crippen LogP contribution in [0.15, 0.2) is 48.5 Å². The first kappa shape index (κ1) is 18.9. The van der Waals surface area contributed by atoms with Gasteiger partial charge in [0.15, 0.2) is 0 Å². The molecule has 2 aromatic rings. The van der Waals surface area contributed by atoms with Crippen LogP contribution in [0.25, 0.3) is 0 Å². The van der Waals surface area contributed by atoms with Crippen LogP contribution in [0.4, 0.5) is 0 Å². The minimum atomic E-state index is -3.37. The molecule has 5 nitrogen and oxygen atoms in total. The molecule has 1 aliphatic heterocycles. The van der Waals surface area contributed by atoms with Gasteiger partial charge in [-0.2, -0.15) is 4.31 Å². The van der Waals surface area contributed by atoms with Gasteiger partial charge in [-0.25, -0.2) is 8.42 Å². The van der Waals surface area contributed by atoms with Crippen LogP contribution in [0, 0.1) is 6.92 Å². The Morgan fingerprint density at radius 3 is 2.46 bits per heavy atom. The molecular weight excluding hydrogens is 348 g/mol. The third kappa shape index (κ3) is 4.09. The number of likely N-dealkylation sites (N-methyl/N-ethyl adjacent to an activating group) is 1. The lowest BCUT2D eigenvalue weighted by atomic mass is 10.0. The van der Waals surface area contributed by atoms with Gasteiger partial charge < -0.3 is 4.74 Å². The second-order valence-electron chi connectivity index (χ2n) is 6.84. The molecule has 26 heavy (non-hydrogen) atoms. The van der Waals surface area contributed by atoms with E-state index in [-0.39, 0.29) is 11.8 Å². The molecule has 0 amide bonds. The minimum Gasteiger partial charge on any atom is -0.496 e. The highest BCUT2D eigenvalue weighted by Crippen LogP contribution is 2.32. The van der Waals surface area contributed by atoms with E-state index in [2.05, 4.69) is 4.90 Å². The zero-order chi connectivity index (χ0) is 18.7. The monoisotopic (exact) mass is 374 g/mol. The molecule has 0 radical (unpaired) electrons. The smallest absolute Gasteiger partial charge is 0.218 e. The van der Waals surface area contributed by atoms with E-state index in [0.717, 1.165) is 22.4 Å². The van der Waals surface area contributed by atoms with Crippen LogP contribution in [0.1, 0.15) is 22.7 Å². The van der Waals surface area contributed by atoms with Crippen LogP contribution in [0.2, 0.25) is 0 Å². The van der Waals surface area contributed by atoms with E-state index < -0.39 is 10.0 Å². The van der Waals surface area contributed by atoms with Gasteiger partial charge in [0, 0.05) is 25.2 Å². The maximum Gasteiger partial charge on any atom is 0.218 e. The largest absolute Gasteiger partial charge is 0.496 e. The number of methoxy groups -OCH3 is 1. The van der Waals surface area contributed by atoms with Gasteiger partial charge in [0.25, 0.3) is 0 Å². The SMILES string of the molecule is COc1ccccc1C1CN(S(=O)(=O)Cc2ccc(C)cc2)CCN1C. The molecule has 2 aromatic carbocycles. The summed E-state index contributed by atoms with van der Waals surface area (Å²) in [5.41, 5.74) is 2.97. The highest BCUT2D eigenvalue weighted by molar-refractivity contribution is 7.88. The lowest BCUT2D eigenvalue weighted by Gasteiger charge is -2.39. The predicted octanol–water partition coefficient (Wildman–Crippen LogP) is 2.82. The fourth-order valence-electron chi connectivity index (χ4n) is 3.37. The zero-order valence-electron chi connectivity index (χ0n) is 15.6. The number of hydrogen-bond donors (Lipinski definition) is 0. The van der Waals surface area contributed by atoms with Crippen molar-refractivity contribution in [1.29, 1.82) is 0 Å². The van der Waals surface area contributed by atoms with E-state index in [1.807, 2.05) is 62.5 Å². The van der Waals surface area contributed by atoms with Gasteiger partial charge in [-0.3, -0.25) is 4.90 Å². The molecule has 1 heterocycles. The van der Waals surface area contributed by atoms with Gasteiger partial charge in [-0.1, -0.05) is 48.0 Å². The Kier molecular flexibility index (Phi) is 5.65. The third-order valence-electron chi connectivity index (χ3n) is 4.97. The molecule has 0 N–H and O–H groups in total. The van der Waals surface area contributed by atoms with E-state index in [4.69, 9.17) is 4.74 Å². The standard InChI is InChI=1S/C20H26N2O3S/c1-16-8-10-17(11-9-16)15-26(23,24)22-13-12-21(2)19(14-22)18-6-4-5-7-20(18)25-3/h4-11,19H,12-15H2,1-3H3. The van der Waals surface area contributed by atoms with E-state index in [1.54, 1.807) is 11.4 Å². The number of benzene rings is 2. The Morgan fingerprint density at radius 2 is 1.77 bits per heavy atom. The number of nitrogens with zero attached hydrogens (tertiary/aromatic N) is 2. The average molecular weight is 375 g/mol. The van der Waals surface area contributed by atoms with Crippen molar-refractivity contribution < 1.29 is 13.2 Å². The highest BCUT2D eigenvalue weighted by atomic mass is 32.2. The fourth-order valence-corrected chi connectivity index (χ4v) is 4.89. The lowest BCUT2D eigenvalue weighted by molar-refractivity contribution is 0.145. The normalized spacial score (nSPS) is 19.4. The van der Waals surface area contributed by atoms with Crippen LogP contribution in [-0.4, -0.2) is 51.4 Å². The van der Waals surface area contributed by atoms with Crippen molar-refractivity contribution in [2.75, 3.05) is 33.8 Å². The van der Waals surface area contributed by atoms with Crippen molar-refractivity contribution in [2.24, 2.45) is 0 Å². The zero-order valence-corrected chi connectivity index (χ0v) is 16.4. The average Bonchev–Trinajstić information content (AvgIpc) is 2.63. The Balaban J connectivity index is 1.81. The van der Waals surface area contributed by atoms with E-state index in [9.17, 15) is 8.42 Å². The minimum absolute atomic E-state index is 0.0207. The van der Waals surface area contributed by atoms with Gasteiger partial charge in [0.05, 0.1) is 18.9 Å². The molecule has 0 spiro atoms. The highest BCUT2D eigenvalue weighted by Gasteiger charge is 2.33. The summed E-state index contributed by atoms with van der Waals surface area (Å²) in [5, 5.41) is 0. The van der Waals surface area contributed by atoms with Crippen LogP contribution in [0.3, 0.4) is 0 Å². The van der Waals surface area contributed by atoms with Crippen molar-refractivity contribution in [1.82, 2.24) is 9.21 Å². The van der Waals surface area contributed by atoms with Gasteiger partial charge in [0.1, 0.15) is 5.75 Å². The molecule has 1 aliphatic rings. The summed E-state index contributed by atoms with van der Waals surface area (Å²) in [7, 11) is 0.308. The first-order chi connectivity index (χ1) is 12.4. The van der Waals surface area contributed by atoms with Crippen molar-refractivity contribution in [3.63, 3.8) is 0 Å². The van der Waals surface area contributed by atoms with Crippen molar-refractivity contribution in [3.05, 3.63) is 65.2 Å².